The van der Waals surface area contributed by atoms with Crippen LogP contribution in [0.15, 0.2) is 24.3 Å². The van der Waals surface area contributed by atoms with E-state index in [4.69, 9.17) is 9.47 Å². The van der Waals surface area contributed by atoms with E-state index in [2.05, 4.69) is 6.92 Å². The van der Waals surface area contributed by atoms with Crippen molar-refractivity contribution in [2.45, 2.75) is 71.6 Å². The molecule has 0 aliphatic carbocycles. The molecular formula is C21H32O4. The van der Waals surface area contributed by atoms with Crippen molar-refractivity contribution in [2.24, 2.45) is 0 Å². The van der Waals surface area contributed by atoms with E-state index in [0.29, 0.717) is 13.2 Å². The first-order valence-corrected chi connectivity index (χ1v) is 9.64. The van der Waals surface area contributed by atoms with Crippen molar-refractivity contribution in [1.29, 1.82) is 0 Å². The maximum Gasteiger partial charge on any atom is 0.339 e. The Morgan fingerprint density at radius 3 is 1.64 bits per heavy atom. The summed E-state index contributed by atoms with van der Waals surface area (Å²) in [6.07, 6.45) is 9.94. The first-order valence-electron chi connectivity index (χ1n) is 9.64. The second-order valence-corrected chi connectivity index (χ2v) is 6.29. The van der Waals surface area contributed by atoms with E-state index in [-0.39, 0.29) is 11.1 Å². The average molecular weight is 348 g/mol. The smallest absolute Gasteiger partial charge is 0.339 e. The van der Waals surface area contributed by atoms with Crippen LogP contribution in [0.1, 0.15) is 92.4 Å². The van der Waals surface area contributed by atoms with Gasteiger partial charge in [0.05, 0.1) is 24.3 Å². The van der Waals surface area contributed by atoms with Crippen LogP contribution in [0.4, 0.5) is 0 Å². The Labute approximate surface area is 151 Å². The molecule has 0 aromatic heterocycles. The van der Waals surface area contributed by atoms with Crippen LogP contribution in [0.3, 0.4) is 0 Å². The number of hydrogen-bond donors (Lipinski definition) is 0. The van der Waals surface area contributed by atoms with Crippen molar-refractivity contribution < 1.29 is 19.1 Å². The first kappa shape index (κ1) is 21.2. The zero-order valence-corrected chi connectivity index (χ0v) is 15.7. The molecule has 0 aliphatic rings. The molecule has 1 rings (SSSR count). The van der Waals surface area contributed by atoms with Gasteiger partial charge in [-0.15, -0.1) is 0 Å². The fraction of sp³-hybridized carbons (Fsp3) is 0.619. The number of ether oxygens (including phenoxy) is 2. The minimum atomic E-state index is -0.461. The predicted molar refractivity (Wildman–Crippen MR) is 99.9 cm³/mol. The van der Waals surface area contributed by atoms with Crippen LogP contribution < -0.4 is 0 Å². The number of carbonyl (C=O) groups excluding carboxylic acids is 2. The van der Waals surface area contributed by atoms with Gasteiger partial charge in [0.25, 0.3) is 0 Å². The standard InChI is InChI=1S/C21H32O4/c1-3-5-7-8-9-10-13-17-25-21(23)19-15-12-11-14-18(19)20(22)24-16-6-4-2/h11-12,14-15H,3-10,13,16-17H2,1-2H3. The van der Waals surface area contributed by atoms with E-state index in [1.807, 2.05) is 6.92 Å². The molecule has 1 aromatic carbocycles. The molecule has 0 radical (unpaired) electrons. The van der Waals surface area contributed by atoms with Gasteiger partial charge in [-0.3, -0.25) is 0 Å². The Bertz CT molecular complexity index is 510. The summed E-state index contributed by atoms with van der Waals surface area (Å²) in [5, 5.41) is 0. The minimum absolute atomic E-state index is 0.281. The molecule has 0 aliphatic heterocycles. The quantitative estimate of drug-likeness (QED) is 0.346. The molecule has 0 atom stereocenters. The van der Waals surface area contributed by atoms with Crippen LogP contribution in [-0.2, 0) is 9.47 Å². The Morgan fingerprint density at radius 2 is 1.12 bits per heavy atom. The molecular weight excluding hydrogens is 316 g/mol. The van der Waals surface area contributed by atoms with Gasteiger partial charge < -0.3 is 9.47 Å². The van der Waals surface area contributed by atoms with Crippen LogP contribution in [0.2, 0.25) is 0 Å². The van der Waals surface area contributed by atoms with Crippen molar-refractivity contribution in [3.05, 3.63) is 35.4 Å². The van der Waals surface area contributed by atoms with Crippen molar-refractivity contribution >= 4 is 11.9 Å². The van der Waals surface area contributed by atoms with Crippen LogP contribution >= 0.6 is 0 Å². The lowest BCUT2D eigenvalue weighted by molar-refractivity contribution is 0.0451. The molecule has 4 nitrogen and oxygen atoms in total. The average Bonchev–Trinajstić information content (AvgIpc) is 2.64. The summed E-state index contributed by atoms with van der Waals surface area (Å²) in [5.74, 6) is -0.911. The first-order chi connectivity index (χ1) is 12.2. The molecule has 4 heteroatoms. The minimum Gasteiger partial charge on any atom is -0.462 e. The molecule has 1 aromatic rings. The van der Waals surface area contributed by atoms with E-state index in [0.717, 1.165) is 25.7 Å². The van der Waals surface area contributed by atoms with Gasteiger partial charge in [0, 0.05) is 0 Å². The maximum atomic E-state index is 12.2. The molecule has 0 heterocycles. The lowest BCUT2D eigenvalue weighted by atomic mass is 10.1. The van der Waals surface area contributed by atoms with Crippen molar-refractivity contribution in [2.75, 3.05) is 13.2 Å². The lowest BCUT2D eigenvalue weighted by Crippen LogP contribution is -2.15. The molecule has 0 saturated carbocycles. The van der Waals surface area contributed by atoms with Crippen LogP contribution in [0, 0.1) is 0 Å². The number of rotatable bonds is 13. The van der Waals surface area contributed by atoms with Gasteiger partial charge >= 0.3 is 11.9 Å². The highest BCUT2D eigenvalue weighted by atomic mass is 16.5. The van der Waals surface area contributed by atoms with Crippen molar-refractivity contribution in [3.8, 4) is 0 Å². The highest BCUT2D eigenvalue weighted by Gasteiger charge is 2.18. The fourth-order valence-corrected chi connectivity index (χ4v) is 2.53. The van der Waals surface area contributed by atoms with Gasteiger partial charge in [0.15, 0.2) is 0 Å². The summed E-state index contributed by atoms with van der Waals surface area (Å²) in [7, 11) is 0. The Hall–Kier alpha value is -1.84. The summed E-state index contributed by atoms with van der Waals surface area (Å²) in [4.78, 5) is 24.4. The Kier molecular flexibility index (Phi) is 11.4. The number of carbonyl (C=O) groups is 2. The molecule has 0 N–H and O–H groups in total. The van der Waals surface area contributed by atoms with Gasteiger partial charge in [-0.2, -0.15) is 0 Å². The third-order valence-electron chi connectivity index (χ3n) is 4.08. The molecule has 0 bridgehead atoms. The normalized spacial score (nSPS) is 10.5. The molecule has 0 spiro atoms. The zero-order valence-electron chi connectivity index (χ0n) is 15.7. The summed E-state index contributed by atoms with van der Waals surface area (Å²) >= 11 is 0. The number of unbranched alkanes of at least 4 members (excludes halogenated alkanes) is 7. The van der Waals surface area contributed by atoms with E-state index in [1.165, 1.54) is 32.1 Å². The second kappa shape index (κ2) is 13.5. The number of esters is 2. The lowest BCUT2D eigenvalue weighted by Gasteiger charge is -2.09. The number of hydrogen-bond acceptors (Lipinski definition) is 4. The van der Waals surface area contributed by atoms with Gasteiger partial charge in [-0.1, -0.05) is 70.9 Å². The molecule has 0 unspecified atom stereocenters. The third kappa shape index (κ3) is 8.71. The molecule has 0 amide bonds. The van der Waals surface area contributed by atoms with Gasteiger partial charge in [0.2, 0.25) is 0 Å². The Balaban J connectivity index is 2.38. The van der Waals surface area contributed by atoms with Gasteiger partial charge in [-0.05, 0) is 25.0 Å². The van der Waals surface area contributed by atoms with Gasteiger partial charge in [0.1, 0.15) is 0 Å². The maximum absolute atomic E-state index is 12.2. The van der Waals surface area contributed by atoms with E-state index in [1.54, 1.807) is 24.3 Å². The molecule has 0 fully saturated rings. The van der Waals surface area contributed by atoms with Crippen LogP contribution in [-0.4, -0.2) is 25.2 Å². The van der Waals surface area contributed by atoms with E-state index in [9.17, 15) is 9.59 Å². The summed E-state index contributed by atoms with van der Waals surface area (Å²) in [6, 6.07) is 6.68. The highest BCUT2D eigenvalue weighted by molar-refractivity contribution is 6.03. The topological polar surface area (TPSA) is 52.6 Å². The van der Waals surface area contributed by atoms with Crippen molar-refractivity contribution in [1.82, 2.24) is 0 Å². The van der Waals surface area contributed by atoms with E-state index >= 15 is 0 Å². The SMILES string of the molecule is CCCCCCCCCOC(=O)c1ccccc1C(=O)OCCCC. The zero-order chi connectivity index (χ0) is 18.3. The largest absolute Gasteiger partial charge is 0.462 e. The summed E-state index contributed by atoms with van der Waals surface area (Å²) in [6.45, 7) is 5.00. The predicted octanol–water partition coefficient (Wildman–Crippen LogP) is 5.55. The highest BCUT2D eigenvalue weighted by Crippen LogP contribution is 2.13. The van der Waals surface area contributed by atoms with Crippen molar-refractivity contribution in [3.63, 3.8) is 0 Å². The molecule has 140 valence electrons. The monoisotopic (exact) mass is 348 g/mol. The third-order valence-corrected chi connectivity index (χ3v) is 4.08. The van der Waals surface area contributed by atoms with Gasteiger partial charge in [-0.25, -0.2) is 9.59 Å². The second-order valence-electron chi connectivity index (χ2n) is 6.29. The molecule has 25 heavy (non-hydrogen) atoms. The van der Waals surface area contributed by atoms with Crippen LogP contribution in [0.5, 0.6) is 0 Å². The fourth-order valence-electron chi connectivity index (χ4n) is 2.53. The molecule has 0 saturated heterocycles. The van der Waals surface area contributed by atoms with Crippen LogP contribution in [0.25, 0.3) is 0 Å². The summed E-state index contributed by atoms with van der Waals surface area (Å²) in [5.41, 5.74) is 0.565. The number of benzene rings is 1. The Morgan fingerprint density at radius 1 is 0.680 bits per heavy atom. The van der Waals surface area contributed by atoms with E-state index < -0.39 is 11.9 Å². The summed E-state index contributed by atoms with van der Waals surface area (Å²) < 4.78 is 10.5.